The highest BCUT2D eigenvalue weighted by molar-refractivity contribution is 5.85. The Morgan fingerprint density at radius 2 is 1.95 bits per heavy atom. The number of fused-ring (bicyclic) bond motifs is 1. The van der Waals surface area contributed by atoms with Crippen LogP contribution in [-0.4, -0.2) is 53.0 Å². The Bertz CT molecular complexity index is 1710. The summed E-state index contributed by atoms with van der Waals surface area (Å²) in [6.45, 7) is 0. The minimum Gasteiger partial charge on any atom is -0.465 e. The topological polar surface area (TPSA) is 135 Å². The predicted molar refractivity (Wildman–Crippen MR) is 136 cm³/mol. The predicted octanol–water partition coefficient (Wildman–Crippen LogP) is 3.67. The molecular formula is C26H21FN8O3. The van der Waals surface area contributed by atoms with Crippen molar-refractivity contribution in [2.45, 2.75) is 18.9 Å². The van der Waals surface area contributed by atoms with Crippen molar-refractivity contribution < 1.29 is 14.3 Å². The minimum absolute atomic E-state index is 0.217. The van der Waals surface area contributed by atoms with E-state index >= 15 is 0 Å². The number of anilines is 1. The van der Waals surface area contributed by atoms with Gasteiger partial charge in [0.25, 0.3) is 5.56 Å². The molecule has 1 amide bonds. The van der Waals surface area contributed by atoms with Crippen LogP contribution in [0, 0.1) is 5.82 Å². The van der Waals surface area contributed by atoms with E-state index in [0.717, 1.165) is 21.9 Å². The van der Waals surface area contributed by atoms with Crippen molar-refractivity contribution in [3.63, 3.8) is 0 Å². The Labute approximate surface area is 214 Å². The molecule has 11 nitrogen and oxygen atoms in total. The number of carbonyl (C=O) groups is 1. The molecule has 6 rings (SSSR count). The second kappa shape index (κ2) is 9.07. The van der Waals surface area contributed by atoms with Gasteiger partial charge in [0.2, 0.25) is 0 Å². The maximum Gasteiger partial charge on any atom is 0.411 e. The van der Waals surface area contributed by atoms with E-state index in [2.05, 4.69) is 25.5 Å². The number of nitrogens with one attached hydrogen (secondary N) is 1. The molecule has 3 aromatic heterocycles. The lowest BCUT2D eigenvalue weighted by Gasteiger charge is -2.15. The lowest BCUT2D eigenvalue weighted by molar-refractivity contribution is 0.203. The molecule has 1 atom stereocenters. The van der Waals surface area contributed by atoms with Crippen LogP contribution in [0.5, 0.6) is 0 Å². The number of hydrogen-bond acceptors (Lipinski definition) is 6. The van der Waals surface area contributed by atoms with E-state index in [4.69, 9.17) is 5.11 Å². The number of carboxylic acid groups (broad SMARTS) is 1. The molecule has 190 valence electrons. The number of aromatic nitrogens is 7. The molecule has 0 radical (unpaired) electrons. The number of amides is 1. The van der Waals surface area contributed by atoms with Gasteiger partial charge in [-0.15, -0.1) is 5.10 Å². The van der Waals surface area contributed by atoms with Crippen LogP contribution in [0.2, 0.25) is 0 Å². The highest BCUT2D eigenvalue weighted by atomic mass is 19.1. The van der Waals surface area contributed by atoms with Gasteiger partial charge in [-0.1, -0.05) is 12.1 Å². The molecule has 4 heterocycles. The Balaban J connectivity index is 1.32. The van der Waals surface area contributed by atoms with E-state index in [9.17, 15) is 14.0 Å². The maximum atomic E-state index is 14.2. The lowest BCUT2D eigenvalue weighted by atomic mass is 10.0. The molecular weight excluding hydrogens is 491 g/mol. The highest BCUT2D eigenvalue weighted by Crippen LogP contribution is 2.34. The molecule has 1 aliphatic rings. The van der Waals surface area contributed by atoms with Crippen molar-refractivity contribution in [3.8, 4) is 28.1 Å². The molecule has 0 unspecified atom stereocenters. The number of hydrogen-bond donors (Lipinski definition) is 2. The first-order valence-electron chi connectivity index (χ1n) is 11.8. The fourth-order valence-electron chi connectivity index (χ4n) is 4.85. The third-order valence-electron chi connectivity index (χ3n) is 6.76. The van der Waals surface area contributed by atoms with Gasteiger partial charge in [0, 0.05) is 30.1 Å². The quantitative estimate of drug-likeness (QED) is 0.367. The number of aromatic amines is 1. The van der Waals surface area contributed by atoms with E-state index in [1.807, 2.05) is 18.2 Å². The summed E-state index contributed by atoms with van der Waals surface area (Å²) in [5, 5.41) is 20.4. The molecule has 0 aliphatic carbocycles. The number of rotatable bonds is 5. The zero-order valence-corrected chi connectivity index (χ0v) is 20.1. The first-order chi connectivity index (χ1) is 18.4. The van der Waals surface area contributed by atoms with Crippen molar-refractivity contribution in [3.05, 3.63) is 94.8 Å². The van der Waals surface area contributed by atoms with E-state index in [0.29, 0.717) is 41.2 Å². The summed E-state index contributed by atoms with van der Waals surface area (Å²) >= 11 is 0. The smallest absolute Gasteiger partial charge is 0.411 e. The summed E-state index contributed by atoms with van der Waals surface area (Å²) in [5.41, 5.74) is 4.41. The van der Waals surface area contributed by atoms with Gasteiger partial charge in [0.05, 0.1) is 23.6 Å². The summed E-state index contributed by atoms with van der Waals surface area (Å²) in [4.78, 5) is 33.5. The SMILES string of the molecule is CN(C(=O)O)c1ccc(-c2cnc([C@@H]3CCc4cc(-c5cc(F)ccc5-n5cnnn5)cc(=O)n43)[nH]2)cc1. The average Bonchev–Trinajstić information content (AvgIpc) is 3.69. The number of benzene rings is 2. The van der Waals surface area contributed by atoms with Gasteiger partial charge in [-0.25, -0.2) is 14.2 Å². The number of halogens is 1. The lowest BCUT2D eigenvalue weighted by Crippen LogP contribution is -2.24. The Morgan fingerprint density at radius 1 is 1.13 bits per heavy atom. The Hall–Kier alpha value is -5.13. The molecule has 2 N–H and O–H groups in total. The molecule has 0 spiro atoms. The van der Waals surface area contributed by atoms with E-state index in [1.54, 1.807) is 29.0 Å². The van der Waals surface area contributed by atoms with Gasteiger partial charge in [0.15, 0.2) is 0 Å². The summed E-state index contributed by atoms with van der Waals surface area (Å²) in [6.07, 6.45) is 3.40. The van der Waals surface area contributed by atoms with Crippen molar-refractivity contribution in [1.29, 1.82) is 0 Å². The largest absolute Gasteiger partial charge is 0.465 e. The number of imidazole rings is 1. The zero-order valence-electron chi connectivity index (χ0n) is 20.1. The molecule has 1 aliphatic heterocycles. The normalized spacial score (nSPS) is 14.4. The van der Waals surface area contributed by atoms with Gasteiger partial charge in [0.1, 0.15) is 18.0 Å². The van der Waals surface area contributed by atoms with Gasteiger partial charge in [-0.3, -0.25) is 9.69 Å². The van der Waals surface area contributed by atoms with Crippen LogP contribution < -0.4 is 10.5 Å². The zero-order chi connectivity index (χ0) is 26.4. The summed E-state index contributed by atoms with van der Waals surface area (Å²) in [6, 6.07) is 14.4. The molecule has 5 aromatic rings. The molecule has 12 heteroatoms. The van der Waals surface area contributed by atoms with Crippen LogP contribution in [0.25, 0.3) is 28.1 Å². The molecule has 0 fully saturated rings. The van der Waals surface area contributed by atoms with Crippen LogP contribution in [0.3, 0.4) is 0 Å². The van der Waals surface area contributed by atoms with Crippen LogP contribution >= 0.6 is 0 Å². The first-order valence-corrected chi connectivity index (χ1v) is 11.8. The second-order valence-electron chi connectivity index (χ2n) is 8.98. The van der Waals surface area contributed by atoms with Crippen molar-refractivity contribution >= 4 is 11.8 Å². The number of H-pyrrole nitrogens is 1. The highest BCUT2D eigenvalue weighted by Gasteiger charge is 2.28. The first kappa shape index (κ1) is 23.3. The fraction of sp³-hybridized carbons (Fsp3) is 0.154. The number of pyridine rings is 1. The third kappa shape index (κ3) is 4.01. The van der Waals surface area contributed by atoms with Crippen LogP contribution in [0.4, 0.5) is 14.9 Å². The van der Waals surface area contributed by atoms with Gasteiger partial charge in [-0.05, 0) is 70.8 Å². The number of aryl methyl sites for hydroxylation is 1. The van der Waals surface area contributed by atoms with Crippen molar-refractivity contribution in [2.24, 2.45) is 0 Å². The molecule has 0 saturated carbocycles. The van der Waals surface area contributed by atoms with Crippen LogP contribution in [0.1, 0.15) is 24.0 Å². The molecule has 0 saturated heterocycles. The Morgan fingerprint density at radius 3 is 2.68 bits per heavy atom. The van der Waals surface area contributed by atoms with Crippen molar-refractivity contribution in [2.75, 3.05) is 11.9 Å². The number of nitrogens with zero attached hydrogens (tertiary/aromatic N) is 7. The van der Waals surface area contributed by atoms with E-state index < -0.39 is 11.9 Å². The Kier molecular flexibility index (Phi) is 5.56. The fourth-order valence-corrected chi connectivity index (χ4v) is 4.85. The number of tetrazole rings is 1. The van der Waals surface area contributed by atoms with E-state index in [-0.39, 0.29) is 11.6 Å². The standard InChI is InChI=1S/C26H21FN8O3/c1-33(26(37)38)18-5-2-15(3-6-18)21-13-28-25(30-21)23-9-7-19-10-16(11-24(36)35(19)23)20-12-17(27)4-8-22(20)34-14-29-31-32-34/h2-6,8,10-14,23H,7,9H2,1H3,(H,28,30)(H,37,38)/t23-/m0/s1. The third-order valence-corrected chi connectivity index (χ3v) is 6.76. The average molecular weight is 513 g/mol. The second-order valence-corrected chi connectivity index (χ2v) is 8.98. The van der Waals surface area contributed by atoms with Crippen LogP contribution in [0.15, 0.2) is 71.9 Å². The van der Waals surface area contributed by atoms with Crippen molar-refractivity contribution in [1.82, 2.24) is 34.7 Å². The molecule has 0 bridgehead atoms. The minimum atomic E-state index is -1.04. The van der Waals surface area contributed by atoms with Gasteiger partial charge in [-0.2, -0.15) is 4.68 Å². The molecule has 2 aromatic carbocycles. The van der Waals surface area contributed by atoms with Crippen LogP contribution in [-0.2, 0) is 6.42 Å². The monoisotopic (exact) mass is 512 g/mol. The molecule has 38 heavy (non-hydrogen) atoms. The van der Waals surface area contributed by atoms with Gasteiger partial charge >= 0.3 is 6.09 Å². The van der Waals surface area contributed by atoms with E-state index in [1.165, 1.54) is 36.3 Å². The summed E-state index contributed by atoms with van der Waals surface area (Å²) in [5.74, 6) is 0.224. The maximum absolute atomic E-state index is 14.2. The summed E-state index contributed by atoms with van der Waals surface area (Å²) in [7, 11) is 1.48. The summed E-state index contributed by atoms with van der Waals surface area (Å²) < 4.78 is 17.3. The van der Waals surface area contributed by atoms with Gasteiger partial charge < -0.3 is 14.7 Å².